The lowest BCUT2D eigenvalue weighted by Crippen LogP contribution is -2.42. The zero-order chi connectivity index (χ0) is 22.9. The minimum atomic E-state index is -0.501. The molecule has 170 valence electrons. The summed E-state index contributed by atoms with van der Waals surface area (Å²) < 4.78 is 9.47. The quantitative estimate of drug-likeness (QED) is 0.670. The average molecular weight is 438 g/mol. The minimum Gasteiger partial charge on any atom is -0.444 e. The van der Waals surface area contributed by atoms with E-state index in [0.29, 0.717) is 25.3 Å². The van der Waals surface area contributed by atoms with E-state index in [9.17, 15) is 9.59 Å². The summed E-state index contributed by atoms with van der Waals surface area (Å²) in [4.78, 5) is 31.6. The molecule has 0 aliphatic carbocycles. The van der Waals surface area contributed by atoms with Gasteiger partial charge in [-0.2, -0.15) is 0 Å². The molecule has 3 aromatic rings. The summed E-state index contributed by atoms with van der Waals surface area (Å²) >= 11 is 0. The van der Waals surface area contributed by atoms with E-state index in [4.69, 9.17) is 4.74 Å². The molecule has 0 bridgehead atoms. The molecule has 8 heteroatoms. The van der Waals surface area contributed by atoms with Crippen LogP contribution < -0.4 is 5.32 Å². The molecule has 0 unspecified atom stereocenters. The van der Waals surface area contributed by atoms with Crippen molar-refractivity contribution >= 4 is 17.6 Å². The van der Waals surface area contributed by atoms with E-state index in [2.05, 4.69) is 10.3 Å². The van der Waals surface area contributed by atoms with Crippen LogP contribution >= 0.6 is 0 Å². The van der Waals surface area contributed by atoms with Crippen molar-refractivity contribution in [2.24, 2.45) is 0 Å². The van der Waals surface area contributed by atoms with Crippen LogP contribution in [0.4, 0.5) is 4.79 Å². The lowest BCUT2D eigenvalue weighted by Gasteiger charge is -2.34. The second kappa shape index (κ2) is 8.68. The first-order valence-corrected chi connectivity index (χ1v) is 11.1. The first-order valence-electron chi connectivity index (χ1n) is 11.1. The first kappa shape index (κ1) is 21.9. The monoisotopic (exact) mass is 437 g/mol. The number of imidazole rings is 1. The smallest absolute Gasteiger partial charge is 0.410 e. The molecule has 0 atom stereocenters. The maximum absolute atomic E-state index is 12.9. The molecule has 1 fully saturated rings. The van der Waals surface area contributed by atoms with Crippen molar-refractivity contribution in [3.05, 3.63) is 59.8 Å². The normalized spacial score (nSPS) is 15.2. The molecule has 0 radical (unpaired) electrons. The summed E-state index contributed by atoms with van der Waals surface area (Å²) in [6.45, 7) is 9.22. The van der Waals surface area contributed by atoms with Gasteiger partial charge in [0.25, 0.3) is 5.91 Å². The molecular formula is C24H31N5O3. The van der Waals surface area contributed by atoms with Crippen LogP contribution in [0.25, 0.3) is 5.65 Å². The number of carbonyl (C=O) groups excluding carboxylic acids is 2. The summed E-state index contributed by atoms with van der Waals surface area (Å²) in [6, 6.07) is 7.90. The highest BCUT2D eigenvalue weighted by molar-refractivity contribution is 5.92. The lowest BCUT2D eigenvalue weighted by atomic mass is 10.0. The standard InChI is InChI=1S/C24H31N5O3/c1-17-7-5-11-28-16-18(26-21(17)28)15-25-22(30)20-8-6-12-29(20)19-9-13-27(14-10-19)23(31)32-24(2,3)4/h5-8,11-12,16,19H,9-10,13-15H2,1-4H3,(H,25,30). The molecule has 2 amide bonds. The van der Waals surface area contributed by atoms with Crippen molar-refractivity contribution in [2.45, 2.75) is 58.7 Å². The van der Waals surface area contributed by atoms with Crippen molar-refractivity contribution in [1.82, 2.24) is 24.2 Å². The van der Waals surface area contributed by atoms with Gasteiger partial charge in [-0.15, -0.1) is 0 Å². The number of hydrogen-bond acceptors (Lipinski definition) is 4. The van der Waals surface area contributed by atoms with Crippen LogP contribution in [0.3, 0.4) is 0 Å². The maximum atomic E-state index is 12.9. The van der Waals surface area contributed by atoms with Crippen LogP contribution in [-0.4, -0.2) is 49.5 Å². The number of hydrogen-bond donors (Lipinski definition) is 1. The van der Waals surface area contributed by atoms with Crippen molar-refractivity contribution in [2.75, 3.05) is 13.1 Å². The molecule has 4 rings (SSSR count). The van der Waals surface area contributed by atoms with Gasteiger partial charge in [0.15, 0.2) is 0 Å². The van der Waals surface area contributed by atoms with E-state index in [1.54, 1.807) is 4.90 Å². The largest absolute Gasteiger partial charge is 0.444 e. The Kier molecular flexibility index (Phi) is 5.95. The number of nitrogens with one attached hydrogen (secondary N) is 1. The number of likely N-dealkylation sites (tertiary alicyclic amines) is 1. The number of rotatable bonds is 4. The predicted molar refractivity (Wildman–Crippen MR) is 122 cm³/mol. The molecule has 0 saturated carbocycles. The summed E-state index contributed by atoms with van der Waals surface area (Å²) in [5.74, 6) is -0.127. The Morgan fingerprint density at radius 2 is 1.88 bits per heavy atom. The van der Waals surface area contributed by atoms with Gasteiger partial charge in [0.1, 0.15) is 16.9 Å². The molecule has 32 heavy (non-hydrogen) atoms. The van der Waals surface area contributed by atoms with Gasteiger partial charge < -0.3 is 23.9 Å². The average Bonchev–Trinajstić information content (AvgIpc) is 3.39. The van der Waals surface area contributed by atoms with E-state index in [0.717, 1.165) is 29.7 Å². The van der Waals surface area contributed by atoms with Crippen molar-refractivity contribution in [3.63, 3.8) is 0 Å². The van der Waals surface area contributed by atoms with Gasteiger partial charge >= 0.3 is 6.09 Å². The van der Waals surface area contributed by atoms with Gasteiger partial charge in [-0.3, -0.25) is 4.79 Å². The second-order valence-corrected chi connectivity index (χ2v) is 9.34. The molecule has 1 aliphatic rings. The van der Waals surface area contributed by atoms with Crippen LogP contribution in [0.2, 0.25) is 0 Å². The number of aromatic nitrogens is 3. The third-order valence-corrected chi connectivity index (χ3v) is 5.68. The topological polar surface area (TPSA) is 80.9 Å². The van der Waals surface area contributed by atoms with Gasteiger partial charge in [0.05, 0.1) is 12.2 Å². The summed E-state index contributed by atoms with van der Waals surface area (Å²) in [7, 11) is 0. The Bertz CT molecular complexity index is 1120. The Morgan fingerprint density at radius 1 is 1.16 bits per heavy atom. The minimum absolute atomic E-state index is 0.127. The highest BCUT2D eigenvalue weighted by atomic mass is 16.6. The lowest BCUT2D eigenvalue weighted by molar-refractivity contribution is 0.0187. The van der Waals surface area contributed by atoms with E-state index in [1.807, 2.05) is 79.5 Å². The fourth-order valence-corrected chi connectivity index (χ4v) is 4.11. The van der Waals surface area contributed by atoms with Crippen molar-refractivity contribution < 1.29 is 14.3 Å². The molecule has 1 N–H and O–H groups in total. The third kappa shape index (κ3) is 4.79. The van der Waals surface area contributed by atoms with Crippen LogP contribution in [-0.2, 0) is 11.3 Å². The van der Waals surface area contributed by atoms with E-state index < -0.39 is 5.60 Å². The number of ether oxygens (including phenoxy) is 1. The Labute approximate surface area is 188 Å². The third-order valence-electron chi connectivity index (χ3n) is 5.68. The van der Waals surface area contributed by atoms with Gasteiger partial charge in [-0.25, -0.2) is 9.78 Å². The zero-order valence-corrected chi connectivity index (χ0v) is 19.2. The number of nitrogens with zero attached hydrogens (tertiary/aromatic N) is 4. The first-order chi connectivity index (χ1) is 15.2. The molecule has 3 aromatic heterocycles. The molecular weight excluding hydrogens is 406 g/mol. The van der Waals surface area contributed by atoms with Crippen molar-refractivity contribution in [1.29, 1.82) is 0 Å². The molecule has 1 saturated heterocycles. The number of piperidine rings is 1. The molecule has 1 aliphatic heterocycles. The summed E-state index contributed by atoms with van der Waals surface area (Å²) in [5.41, 5.74) is 2.94. The SMILES string of the molecule is Cc1cccn2cc(CNC(=O)c3cccn3C3CCN(C(=O)OC(C)(C)C)CC3)nc12. The molecule has 8 nitrogen and oxygen atoms in total. The van der Waals surface area contributed by atoms with E-state index >= 15 is 0 Å². The Balaban J connectivity index is 1.36. The van der Waals surface area contributed by atoms with E-state index in [1.165, 1.54) is 0 Å². The molecule has 4 heterocycles. The Morgan fingerprint density at radius 3 is 2.56 bits per heavy atom. The predicted octanol–water partition coefficient (Wildman–Crippen LogP) is 3.95. The second-order valence-electron chi connectivity index (χ2n) is 9.34. The van der Waals surface area contributed by atoms with Crippen molar-refractivity contribution in [3.8, 4) is 0 Å². The number of pyridine rings is 1. The van der Waals surface area contributed by atoms with Gasteiger partial charge in [-0.1, -0.05) is 6.07 Å². The maximum Gasteiger partial charge on any atom is 0.410 e. The van der Waals surface area contributed by atoms with Gasteiger partial charge in [0, 0.05) is 37.7 Å². The zero-order valence-electron chi connectivity index (χ0n) is 19.2. The molecule has 0 spiro atoms. The van der Waals surface area contributed by atoms with Crippen LogP contribution in [0.1, 0.15) is 61.4 Å². The van der Waals surface area contributed by atoms with Crippen LogP contribution in [0, 0.1) is 6.92 Å². The van der Waals surface area contributed by atoms with E-state index in [-0.39, 0.29) is 18.0 Å². The summed E-state index contributed by atoms with van der Waals surface area (Å²) in [5, 5.41) is 2.99. The highest BCUT2D eigenvalue weighted by Gasteiger charge is 2.28. The highest BCUT2D eigenvalue weighted by Crippen LogP contribution is 2.26. The fraction of sp³-hybridized carbons (Fsp3) is 0.458. The van der Waals surface area contributed by atoms with Crippen LogP contribution in [0.5, 0.6) is 0 Å². The number of amides is 2. The number of carbonyl (C=O) groups is 2. The van der Waals surface area contributed by atoms with Crippen LogP contribution in [0.15, 0.2) is 42.9 Å². The Hall–Kier alpha value is -3.29. The number of aryl methyl sites for hydroxylation is 1. The number of fused-ring (bicyclic) bond motifs is 1. The van der Waals surface area contributed by atoms with Gasteiger partial charge in [0.2, 0.25) is 0 Å². The molecule has 0 aromatic carbocycles. The van der Waals surface area contributed by atoms with Gasteiger partial charge in [-0.05, 0) is 64.3 Å². The summed E-state index contributed by atoms with van der Waals surface area (Å²) in [6.07, 6.45) is 7.12. The fourth-order valence-electron chi connectivity index (χ4n) is 4.11.